The van der Waals surface area contributed by atoms with E-state index < -0.39 is 10.0 Å². The average Bonchev–Trinajstić information content (AvgIpc) is 2.83. The van der Waals surface area contributed by atoms with Gasteiger partial charge in [-0.1, -0.05) is 6.07 Å². The summed E-state index contributed by atoms with van der Waals surface area (Å²) in [6, 6.07) is 5.23. The molecule has 94 valence electrons. The first-order valence-corrected chi connectivity index (χ1v) is 7.14. The molecule has 1 aromatic carbocycles. The van der Waals surface area contributed by atoms with Crippen LogP contribution in [0.25, 0.3) is 0 Å². The number of rotatable bonds is 3. The fraction of sp³-hybridized carbons (Fsp3) is 0.500. The van der Waals surface area contributed by atoms with Crippen molar-refractivity contribution in [1.29, 1.82) is 0 Å². The maximum atomic E-state index is 12.4. The van der Waals surface area contributed by atoms with Crippen LogP contribution in [0, 0.1) is 6.92 Å². The van der Waals surface area contributed by atoms with Crippen molar-refractivity contribution in [3.8, 4) is 5.75 Å². The third-order valence-electron chi connectivity index (χ3n) is 3.00. The predicted molar refractivity (Wildman–Crippen MR) is 65.7 cm³/mol. The summed E-state index contributed by atoms with van der Waals surface area (Å²) in [6.07, 6.45) is 1.88. The zero-order chi connectivity index (χ0) is 12.5. The monoisotopic (exact) mass is 255 g/mol. The van der Waals surface area contributed by atoms with Gasteiger partial charge in [0.25, 0.3) is 0 Å². The fourth-order valence-corrected chi connectivity index (χ4v) is 3.81. The van der Waals surface area contributed by atoms with Gasteiger partial charge in [-0.3, -0.25) is 0 Å². The van der Waals surface area contributed by atoms with Crippen LogP contribution in [0.3, 0.4) is 0 Å². The number of ether oxygens (including phenoxy) is 1. The van der Waals surface area contributed by atoms with Gasteiger partial charge in [-0.05, 0) is 37.5 Å². The highest BCUT2D eigenvalue weighted by Crippen LogP contribution is 2.29. The zero-order valence-electron chi connectivity index (χ0n) is 10.1. The number of hydrogen-bond donors (Lipinski definition) is 0. The highest BCUT2D eigenvalue weighted by molar-refractivity contribution is 7.89. The Hall–Kier alpha value is -1.07. The summed E-state index contributed by atoms with van der Waals surface area (Å²) in [5.74, 6) is 0.419. The van der Waals surface area contributed by atoms with E-state index in [1.165, 1.54) is 11.4 Å². The molecular weight excluding hydrogens is 238 g/mol. The summed E-state index contributed by atoms with van der Waals surface area (Å²) in [7, 11) is -1.90. The minimum atomic E-state index is -3.40. The van der Waals surface area contributed by atoms with Crippen molar-refractivity contribution in [3.05, 3.63) is 23.8 Å². The van der Waals surface area contributed by atoms with Crippen LogP contribution in [0.1, 0.15) is 18.4 Å². The Bertz CT molecular complexity index is 504. The van der Waals surface area contributed by atoms with Gasteiger partial charge >= 0.3 is 0 Å². The molecule has 1 aromatic rings. The largest absolute Gasteiger partial charge is 0.495 e. The van der Waals surface area contributed by atoms with Gasteiger partial charge in [-0.15, -0.1) is 0 Å². The molecule has 4 nitrogen and oxygen atoms in total. The Balaban J connectivity index is 2.47. The van der Waals surface area contributed by atoms with E-state index in [0.29, 0.717) is 18.8 Å². The third-order valence-corrected chi connectivity index (χ3v) is 4.92. The highest BCUT2D eigenvalue weighted by Gasteiger charge is 2.29. The summed E-state index contributed by atoms with van der Waals surface area (Å²) in [6.45, 7) is 3.10. The smallest absolute Gasteiger partial charge is 0.246 e. The molecule has 0 unspecified atom stereocenters. The molecule has 1 aliphatic heterocycles. The molecule has 0 N–H and O–H groups in total. The lowest BCUT2D eigenvalue weighted by Crippen LogP contribution is -2.28. The van der Waals surface area contributed by atoms with Gasteiger partial charge in [0.2, 0.25) is 10.0 Å². The molecule has 0 radical (unpaired) electrons. The van der Waals surface area contributed by atoms with Crippen LogP contribution < -0.4 is 4.74 Å². The molecule has 1 heterocycles. The van der Waals surface area contributed by atoms with Crippen molar-refractivity contribution < 1.29 is 13.2 Å². The minimum absolute atomic E-state index is 0.280. The van der Waals surface area contributed by atoms with E-state index in [0.717, 1.165) is 18.4 Å². The molecular formula is C12H17NO3S. The van der Waals surface area contributed by atoms with Gasteiger partial charge in [0, 0.05) is 13.1 Å². The maximum absolute atomic E-state index is 12.4. The number of hydrogen-bond acceptors (Lipinski definition) is 3. The summed E-state index contributed by atoms with van der Waals surface area (Å²) in [5.41, 5.74) is 0.920. The van der Waals surface area contributed by atoms with Gasteiger partial charge < -0.3 is 4.74 Å². The molecule has 0 bridgehead atoms. The first-order valence-electron chi connectivity index (χ1n) is 5.70. The lowest BCUT2D eigenvalue weighted by molar-refractivity contribution is 0.398. The lowest BCUT2D eigenvalue weighted by Gasteiger charge is -2.17. The Morgan fingerprint density at radius 2 is 1.88 bits per heavy atom. The zero-order valence-corrected chi connectivity index (χ0v) is 11.0. The predicted octanol–water partition coefficient (Wildman–Crippen LogP) is 1.79. The molecule has 0 amide bonds. The van der Waals surface area contributed by atoms with Gasteiger partial charge in [0.1, 0.15) is 10.6 Å². The van der Waals surface area contributed by atoms with Crippen molar-refractivity contribution in [1.82, 2.24) is 4.31 Å². The van der Waals surface area contributed by atoms with Crippen LogP contribution >= 0.6 is 0 Å². The van der Waals surface area contributed by atoms with Gasteiger partial charge in [-0.25, -0.2) is 8.42 Å². The van der Waals surface area contributed by atoms with Crippen LogP contribution in [-0.4, -0.2) is 32.9 Å². The molecule has 1 aliphatic rings. The summed E-state index contributed by atoms with van der Waals surface area (Å²) in [4.78, 5) is 0.280. The lowest BCUT2D eigenvalue weighted by atomic mass is 10.2. The van der Waals surface area contributed by atoms with Gasteiger partial charge in [-0.2, -0.15) is 4.31 Å². The Kier molecular flexibility index (Phi) is 3.40. The second kappa shape index (κ2) is 4.66. The SMILES string of the molecule is COc1ccc(C)cc1S(=O)(=O)N1CCCC1. The molecule has 0 saturated carbocycles. The standard InChI is InChI=1S/C12H17NO3S/c1-10-5-6-11(16-2)12(9-10)17(14,15)13-7-3-4-8-13/h5-6,9H,3-4,7-8H2,1-2H3. The van der Waals surface area contributed by atoms with Crippen LogP contribution in [0.4, 0.5) is 0 Å². The minimum Gasteiger partial charge on any atom is -0.495 e. The van der Waals surface area contributed by atoms with E-state index in [9.17, 15) is 8.42 Å². The number of sulfonamides is 1. The van der Waals surface area contributed by atoms with Crippen LogP contribution in [0.2, 0.25) is 0 Å². The molecule has 0 aliphatic carbocycles. The topological polar surface area (TPSA) is 46.6 Å². The van der Waals surface area contributed by atoms with E-state index in [4.69, 9.17) is 4.74 Å². The van der Waals surface area contributed by atoms with Crippen molar-refractivity contribution >= 4 is 10.0 Å². The third kappa shape index (κ3) is 2.30. The second-order valence-electron chi connectivity index (χ2n) is 4.27. The number of nitrogens with zero attached hydrogens (tertiary/aromatic N) is 1. The van der Waals surface area contributed by atoms with Crippen molar-refractivity contribution in [3.63, 3.8) is 0 Å². The van der Waals surface area contributed by atoms with Crippen LogP contribution in [0.5, 0.6) is 5.75 Å². The second-order valence-corrected chi connectivity index (χ2v) is 6.17. The van der Waals surface area contributed by atoms with E-state index in [2.05, 4.69) is 0 Å². The Morgan fingerprint density at radius 1 is 1.24 bits per heavy atom. The highest BCUT2D eigenvalue weighted by atomic mass is 32.2. The van der Waals surface area contributed by atoms with E-state index >= 15 is 0 Å². The molecule has 0 aromatic heterocycles. The van der Waals surface area contributed by atoms with Gasteiger partial charge in [0.15, 0.2) is 0 Å². The molecule has 0 spiro atoms. The number of methoxy groups -OCH3 is 1. The van der Waals surface area contributed by atoms with E-state index in [-0.39, 0.29) is 4.90 Å². The average molecular weight is 255 g/mol. The molecule has 5 heteroatoms. The molecule has 1 saturated heterocycles. The molecule has 1 fully saturated rings. The van der Waals surface area contributed by atoms with Crippen LogP contribution in [0.15, 0.2) is 23.1 Å². The molecule has 0 atom stereocenters. The van der Waals surface area contributed by atoms with Crippen molar-refractivity contribution in [2.75, 3.05) is 20.2 Å². The summed E-state index contributed by atoms with van der Waals surface area (Å²) >= 11 is 0. The number of aryl methyl sites for hydroxylation is 1. The van der Waals surface area contributed by atoms with E-state index in [1.54, 1.807) is 12.1 Å². The molecule has 2 rings (SSSR count). The Labute approximate surface area is 102 Å². The first-order chi connectivity index (χ1) is 8.05. The summed E-state index contributed by atoms with van der Waals surface area (Å²) in [5, 5.41) is 0. The quantitative estimate of drug-likeness (QED) is 0.827. The number of benzene rings is 1. The summed E-state index contributed by atoms with van der Waals surface area (Å²) < 4.78 is 31.5. The fourth-order valence-electron chi connectivity index (χ4n) is 2.05. The Morgan fingerprint density at radius 3 is 2.47 bits per heavy atom. The van der Waals surface area contributed by atoms with Gasteiger partial charge in [0.05, 0.1) is 7.11 Å². The first kappa shape index (κ1) is 12.4. The molecule has 17 heavy (non-hydrogen) atoms. The maximum Gasteiger partial charge on any atom is 0.246 e. The van der Waals surface area contributed by atoms with E-state index in [1.807, 2.05) is 13.0 Å². The van der Waals surface area contributed by atoms with Crippen molar-refractivity contribution in [2.45, 2.75) is 24.7 Å². The van der Waals surface area contributed by atoms with Crippen molar-refractivity contribution in [2.24, 2.45) is 0 Å². The van der Waals surface area contributed by atoms with Crippen LogP contribution in [-0.2, 0) is 10.0 Å². The normalized spacial score (nSPS) is 17.3.